The van der Waals surface area contributed by atoms with Crippen molar-refractivity contribution >= 4 is 17.4 Å². The maximum atomic E-state index is 12.9. The molecule has 0 spiro atoms. The summed E-state index contributed by atoms with van der Waals surface area (Å²) >= 11 is 0. The highest BCUT2D eigenvalue weighted by molar-refractivity contribution is 5.92. The molecule has 5 nitrogen and oxygen atoms in total. The topological polar surface area (TPSA) is 58.1 Å². The Kier molecular flexibility index (Phi) is 5.53. The lowest BCUT2D eigenvalue weighted by atomic mass is 10.2. The third-order valence-electron chi connectivity index (χ3n) is 3.89. The van der Waals surface area contributed by atoms with Crippen LogP contribution in [0.4, 0.5) is 15.9 Å². The number of nitrogens with zero attached hydrogens (tertiary/aromatic N) is 3. The maximum Gasteiger partial charge on any atom is 0.274 e. The fourth-order valence-electron chi connectivity index (χ4n) is 2.49. The van der Waals surface area contributed by atoms with E-state index in [1.165, 1.54) is 12.1 Å². The third-order valence-corrected chi connectivity index (χ3v) is 3.89. The molecule has 0 saturated carbocycles. The van der Waals surface area contributed by atoms with E-state index >= 15 is 0 Å². The molecule has 0 aliphatic carbocycles. The molecule has 6 heteroatoms. The lowest BCUT2D eigenvalue weighted by Crippen LogP contribution is -2.31. The second kappa shape index (κ2) is 8.20. The zero-order chi connectivity index (χ0) is 18.4. The Morgan fingerprint density at radius 3 is 2.35 bits per heavy atom. The van der Waals surface area contributed by atoms with Crippen LogP contribution in [0.5, 0.6) is 0 Å². The van der Waals surface area contributed by atoms with Gasteiger partial charge in [-0.3, -0.25) is 4.79 Å². The van der Waals surface area contributed by atoms with E-state index in [0.29, 0.717) is 24.6 Å². The van der Waals surface area contributed by atoms with Crippen molar-refractivity contribution in [2.75, 3.05) is 11.9 Å². The lowest BCUT2D eigenvalue weighted by Gasteiger charge is -2.20. The average molecular weight is 350 g/mol. The SMILES string of the molecule is CCN(Cc1ccccc1)C(=O)c1ccc(Nc2ccc(F)cc2)nn1. The minimum Gasteiger partial charge on any atom is -0.339 e. The normalized spacial score (nSPS) is 10.4. The molecule has 3 rings (SSSR count). The van der Waals surface area contributed by atoms with Gasteiger partial charge in [0.1, 0.15) is 5.82 Å². The standard InChI is InChI=1S/C20H19FN4O/c1-2-25(14-15-6-4-3-5-7-15)20(26)18-12-13-19(24-23-18)22-17-10-8-16(21)9-11-17/h3-13H,2,14H2,1H3,(H,22,24). The zero-order valence-electron chi connectivity index (χ0n) is 14.4. The molecular formula is C20H19FN4O. The minimum atomic E-state index is -0.305. The molecule has 2 aromatic carbocycles. The van der Waals surface area contributed by atoms with Crippen LogP contribution in [0.15, 0.2) is 66.7 Å². The molecule has 0 fully saturated rings. The number of halogens is 1. The summed E-state index contributed by atoms with van der Waals surface area (Å²) in [6, 6.07) is 19.0. The number of carbonyl (C=O) groups is 1. The summed E-state index contributed by atoms with van der Waals surface area (Å²) in [6.45, 7) is 3.02. The van der Waals surface area contributed by atoms with Gasteiger partial charge < -0.3 is 10.2 Å². The summed E-state index contributed by atoms with van der Waals surface area (Å²) < 4.78 is 12.9. The first-order valence-electron chi connectivity index (χ1n) is 8.35. The van der Waals surface area contributed by atoms with E-state index < -0.39 is 0 Å². The van der Waals surface area contributed by atoms with Crippen LogP contribution in [-0.2, 0) is 6.54 Å². The summed E-state index contributed by atoms with van der Waals surface area (Å²) in [4.78, 5) is 14.4. The second-order valence-corrected chi connectivity index (χ2v) is 5.74. The van der Waals surface area contributed by atoms with Gasteiger partial charge in [0.25, 0.3) is 5.91 Å². The quantitative estimate of drug-likeness (QED) is 0.729. The van der Waals surface area contributed by atoms with Gasteiger partial charge in [-0.25, -0.2) is 4.39 Å². The summed E-state index contributed by atoms with van der Waals surface area (Å²) in [5.41, 5.74) is 2.04. The fraction of sp³-hybridized carbons (Fsp3) is 0.150. The molecule has 0 atom stereocenters. The monoisotopic (exact) mass is 350 g/mol. The summed E-state index contributed by atoms with van der Waals surface area (Å²) in [5, 5.41) is 11.1. The van der Waals surface area contributed by atoms with Crippen LogP contribution in [0.2, 0.25) is 0 Å². The molecule has 1 heterocycles. The number of rotatable bonds is 6. The first kappa shape index (κ1) is 17.5. The van der Waals surface area contributed by atoms with Crippen molar-refractivity contribution in [1.29, 1.82) is 0 Å². The van der Waals surface area contributed by atoms with Gasteiger partial charge in [0.05, 0.1) is 0 Å². The Bertz CT molecular complexity index is 851. The molecular weight excluding hydrogens is 331 g/mol. The van der Waals surface area contributed by atoms with Crippen molar-refractivity contribution in [3.8, 4) is 0 Å². The lowest BCUT2D eigenvalue weighted by molar-refractivity contribution is 0.0745. The third kappa shape index (κ3) is 4.42. The Balaban J connectivity index is 1.68. The summed E-state index contributed by atoms with van der Waals surface area (Å²) in [6.07, 6.45) is 0. The number of amides is 1. The Morgan fingerprint density at radius 1 is 1.00 bits per heavy atom. The van der Waals surface area contributed by atoms with E-state index in [4.69, 9.17) is 0 Å². The highest BCUT2D eigenvalue weighted by atomic mass is 19.1. The molecule has 0 aliphatic heterocycles. The van der Waals surface area contributed by atoms with Gasteiger partial charge in [-0.15, -0.1) is 10.2 Å². The zero-order valence-corrected chi connectivity index (χ0v) is 14.4. The molecule has 0 aliphatic rings. The molecule has 132 valence electrons. The predicted molar refractivity (Wildman–Crippen MR) is 98.6 cm³/mol. The van der Waals surface area contributed by atoms with Gasteiger partial charge in [0, 0.05) is 18.8 Å². The average Bonchev–Trinajstić information content (AvgIpc) is 2.69. The molecule has 3 aromatic rings. The fourth-order valence-corrected chi connectivity index (χ4v) is 2.49. The van der Waals surface area contributed by atoms with Crippen LogP contribution in [0.25, 0.3) is 0 Å². The first-order chi connectivity index (χ1) is 12.7. The van der Waals surface area contributed by atoms with Crippen LogP contribution in [0, 0.1) is 5.82 Å². The highest BCUT2D eigenvalue weighted by Crippen LogP contribution is 2.15. The van der Waals surface area contributed by atoms with Crippen LogP contribution >= 0.6 is 0 Å². The van der Waals surface area contributed by atoms with E-state index in [1.54, 1.807) is 29.2 Å². The number of hydrogen-bond acceptors (Lipinski definition) is 4. The number of benzene rings is 2. The molecule has 0 bridgehead atoms. The van der Waals surface area contributed by atoms with E-state index in [-0.39, 0.29) is 17.4 Å². The van der Waals surface area contributed by atoms with Crippen molar-refractivity contribution in [2.45, 2.75) is 13.5 Å². The first-order valence-corrected chi connectivity index (χ1v) is 8.35. The van der Waals surface area contributed by atoms with E-state index in [9.17, 15) is 9.18 Å². The van der Waals surface area contributed by atoms with Crippen LogP contribution in [-0.4, -0.2) is 27.5 Å². The minimum absolute atomic E-state index is 0.169. The number of carbonyl (C=O) groups excluding carboxylic acids is 1. The number of nitrogens with one attached hydrogen (secondary N) is 1. The Labute approximate surface area is 151 Å². The van der Waals surface area contributed by atoms with Crippen LogP contribution in [0.3, 0.4) is 0 Å². The number of aromatic nitrogens is 2. The smallest absolute Gasteiger partial charge is 0.274 e. The van der Waals surface area contributed by atoms with E-state index in [1.807, 2.05) is 37.3 Å². The van der Waals surface area contributed by atoms with Crippen molar-refractivity contribution in [1.82, 2.24) is 15.1 Å². The Hall–Kier alpha value is -3.28. The van der Waals surface area contributed by atoms with Crippen molar-refractivity contribution in [2.24, 2.45) is 0 Å². The summed E-state index contributed by atoms with van der Waals surface area (Å²) in [7, 11) is 0. The van der Waals surface area contributed by atoms with Gasteiger partial charge in [-0.05, 0) is 48.9 Å². The highest BCUT2D eigenvalue weighted by Gasteiger charge is 2.16. The molecule has 26 heavy (non-hydrogen) atoms. The predicted octanol–water partition coefficient (Wildman–Crippen LogP) is 4.02. The van der Waals surface area contributed by atoms with Gasteiger partial charge >= 0.3 is 0 Å². The number of hydrogen-bond donors (Lipinski definition) is 1. The molecule has 0 unspecified atom stereocenters. The second-order valence-electron chi connectivity index (χ2n) is 5.74. The number of anilines is 2. The van der Waals surface area contributed by atoms with Crippen molar-refractivity contribution < 1.29 is 9.18 Å². The van der Waals surface area contributed by atoms with Gasteiger partial charge in [0.2, 0.25) is 0 Å². The van der Waals surface area contributed by atoms with Crippen LogP contribution < -0.4 is 5.32 Å². The maximum absolute atomic E-state index is 12.9. The van der Waals surface area contributed by atoms with Crippen LogP contribution in [0.1, 0.15) is 23.0 Å². The molecule has 0 radical (unpaired) electrons. The molecule has 0 saturated heterocycles. The van der Waals surface area contributed by atoms with Gasteiger partial charge in [-0.2, -0.15) is 0 Å². The van der Waals surface area contributed by atoms with Crippen molar-refractivity contribution in [3.63, 3.8) is 0 Å². The summed E-state index contributed by atoms with van der Waals surface area (Å²) in [5.74, 6) is 0.0112. The van der Waals surface area contributed by atoms with Crippen molar-refractivity contribution in [3.05, 3.63) is 83.8 Å². The molecule has 1 amide bonds. The molecule has 1 aromatic heterocycles. The van der Waals surface area contributed by atoms with E-state index in [2.05, 4.69) is 15.5 Å². The largest absolute Gasteiger partial charge is 0.339 e. The molecule has 1 N–H and O–H groups in total. The van der Waals surface area contributed by atoms with E-state index in [0.717, 1.165) is 5.56 Å². The van der Waals surface area contributed by atoms with Gasteiger partial charge in [-0.1, -0.05) is 30.3 Å². The van der Waals surface area contributed by atoms with Gasteiger partial charge in [0.15, 0.2) is 11.5 Å². The Morgan fingerprint density at radius 2 is 1.73 bits per heavy atom.